The van der Waals surface area contributed by atoms with Gasteiger partial charge < -0.3 is 24.9 Å². The Labute approximate surface area is 216 Å². The Morgan fingerprint density at radius 2 is 1.78 bits per heavy atom. The number of carboxylic acids is 1. The number of aromatic nitrogens is 2. The zero-order valence-corrected chi connectivity index (χ0v) is 21.8. The highest BCUT2D eigenvalue weighted by Gasteiger charge is 2.15. The Kier molecular flexibility index (Phi) is 10.3. The molecule has 0 aliphatic carbocycles. The van der Waals surface area contributed by atoms with Gasteiger partial charge in [0.15, 0.2) is 5.65 Å². The van der Waals surface area contributed by atoms with Crippen LogP contribution < -0.4 is 10.6 Å². The number of esters is 1. The van der Waals surface area contributed by atoms with E-state index in [9.17, 15) is 14.4 Å². The maximum atomic E-state index is 12.9. The fourth-order valence-corrected chi connectivity index (χ4v) is 3.82. The molecule has 0 fully saturated rings. The van der Waals surface area contributed by atoms with E-state index in [2.05, 4.69) is 41.6 Å². The van der Waals surface area contributed by atoms with Gasteiger partial charge in [0.1, 0.15) is 6.61 Å². The molecule has 0 unspecified atom stereocenters. The standard InChI is InChI=1S/C26H32N4O5.ClH/c1-16-7-5-8-17(2)21(16)14-28-22-13-20(15-30-19(4)18(3)29-25(22)30)26(34)27-11-12-35-24(33)10-6-9-23(31)32;/h5,7-8,13,15,28H,6,9-12,14H2,1-4H3,(H,27,34)(H,31,32);1H. The van der Waals surface area contributed by atoms with E-state index < -0.39 is 11.9 Å². The second kappa shape index (κ2) is 12.9. The van der Waals surface area contributed by atoms with Gasteiger partial charge in [0.2, 0.25) is 0 Å². The van der Waals surface area contributed by atoms with Gasteiger partial charge in [0.05, 0.1) is 23.5 Å². The monoisotopic (exact) mass is 516 g/mol. The third-order valence-corrected chi connectivity index (χ3v) is 5.98. The third kappa shape index (κ3) is 7.21. The number of nitrogens with zero attached hydrogens (tertiary/aromatic N) is 2. The molecule has 194 valence electrons. The smallest absolute Gasteiger partial charge is 0.305 e. The molecule has 3 aromatic rings. The van der Waals surface area contributed by atoms with Gasteiger partial charge in [0, 0.05) is 31.3 Å². The van der Waals surface area contributed by atoms with Gasteiger partial charge in [-0.05, 0) is 56.9 Å². The Bertz CT molecular complexity index is 1230. The van der Waals surface area contributed by atoms with Crippen molar-refractivity contribution in [3.05, 3.63) is 64.1 Å². The number of rotatable bonds is 11. The molecule has 3 N–H and O–H groups in total. The normalized spacial score (nSPS) is 10.6. The number of carbonyl (C=O) groups excluding carboxylic acids is 2. The van der Waals surface area contributed by atoms with E-state index in [1.807, 2.05) is 24.3 Å². The third-order valence-electron chi connectivity index (χ3n) is 5.98. The summed E-state index contributed by atoms with van der Waals surface area (Å²) in [6.45, 7) is 8.80. The molecule has 0 saturated carbocycles. The first-order valence-corrected chi connectivity index (χ1v) is 11.6. The highest BCUT2D eigenvalue weighted by molar-refractivity contribution is 5.96. The summed E-state index contributed by atoms with van der Waals surface area (Å²) < 4.78 is 6.96. The minimum Gasteiger partial charge on any atom is -0.481 e. The van der Waals surface area contributed by atoms with Gasteiger partial charge in [-0.1, -0.05) is 18.2 Å². The maximum absolute atomic E-state index is 12.9. The molecular weight excluding hydrogens is 484 g/mol. The summed E-state index contributed by atoms with van der Waals surface area (Å²) in [5.41, 5.74) is 7.36. The van der Waals surface area contributed by atoms with Crippen LogP contribution in [-0.2, 0) is 20.9 Å². The van der Waals surface area contributed by atoms with E-state index in [4.69, 9.17) is 9.84 Å². The molecule has 0 bridgehead atoms. The second-order valence-electron chi connectivity index (χ2n) is 8.57. The van der Waals surface area contributed by atoms with E-state index in [1.165, 1.54) is 16.7 Å². The lowest BCUT2D eigenvalue weighted by Crippen LogP contribution is -2.28. The zero-order valence-electron chi connectivity index (χ0n) is 21.0. The molecular formula is C26H33ClN4O5. The van der Waals surface area contributed by atoms with Crippen LogP contribution in [0.5, 0.6) is 0 Å². The van der Waals surface area contributed by atoms with Crippen LogP contribution in [0.2, 0.25) is 0 Å². The van der Waals surface area contributed by atoms with Crippen molar-refractivity contribution in [2.75, 3.05) is 18.5 Å². The lowest BCUT2D eigenvalue weighted by atomic mass is 10.0. The van der Waals surface area contributed by atoms with Crippen molar-refractivity contribution in [2.45, 2.75) is 53.5 Å². The number of imidazole rings is 1. The molecule has 0 atom stereocenters. The number of carboxylic acid groups (broad SMARTS) is 1. The van der Waals surface area contributed by atoms with Gasteiger partial charge in [-0.2, -0.15) is 0 Å². The molecule has 10 heteroatoms. The molecule has 0 saturated heterocycles. The van der Waals surface area contributed by atoms with Crippen LogP contribution in [0, 0.1) is 27.7 Å². The molecule has 1 aromatic carbocycles. The molecule has 0 aliphatic heterocycles. The Balaban J connectivity index is 0.00000456. The highest BCUT2D eigenvalue weighted by atomic mass is 35.5. The first-order valence-electron chi connectivity index (χ1n) is 11.6. The highest BCUT2D eigenvalue weighted by Crippen LogP contribution is 2.24. The fraction of sp³-hybridized carbons (Fsp3) is 0.385. The van der Waals surface area contributed by atoms with Crippen LogP contribution in [0.15, 0.2) is 30.5 Å². The summed E-state index contributed by atoms with van der Waals surface area (Å²) in [4.78, 5) is 39.7. The van der Waals surface area contributed by atoms with Crippen molar-refractivity contribution in [3.63, 3.8) is 0 Å². The van der Waals surface area contributed by atoms with E-state index in [1.54, 1.807) is 12.3 Å². The van der Waals surface area contributed by atoms with Gasteiger partial charge >= 0.3 is 11.9 Å². The number of aryl methyl sites for hydroxylation is 4. The number of halogens is 1. The maximum Gasteiger partial charge on any atom is 0.305 e. The Morgan fingerprint density at radius 3 is 2.44 bits per heavy atom. The molecule has 0 radical (unpaired) electrons. The molecule has 36 heavy (non-hydrogen) atoms. The van der Waals surface area contributed by atoms with Crippen molar-refractivity contribution >= 4 is 41.6 Å². The van der Waals surface area contributed by atoms with E-state index in [0.717, 1.165) is 22.7 Å². The topological polar surface area (TPSA) is 122 Å². The van der Waals surface area contributed by atoms with E-state index >= 15 is 0 Å². The number of anilines is 1. The molecule has 2 heterocycles. The zero-order chi connectivity index (χ0) is 25.5. The van der Waals surface area contributed by atoms with Crippen LogP contribution in [-0.4, -0.2) is 45.5 Å². The van der Waals surface area contributed by atoms with Crippen molar-refractivity contribution in [3.8, 4) is 0 Å². The lowest BCUT2D eigenvalue weighted by molar-refractivity contribution is -0.143. The van der Waals surface area contributed by atoms with Gasteiger partial charge in [-0.15, -0.1) is 12.4 Å². The summed E-state index contributed by atoms with van der Waals surface area (Å²) in [6.07, 6.45) is 1.93. The molecule has 2 aromatic heterocycles. The summed E-state index contributed by atoms with van der Waals surface area (Å²) >= 11 is 0. The van der Waals surface area contributed by atoms with Crippen molar-refractivity contribution < 1.29 is 24.2 Å². The van der Waals surface area contributed by atoms with Gasteiger partial charge in [-0.3, -0.25) is 14.4 Å². The van der Waals surface area contributed by atoms with E-state index in [0.29, 0.717) is 12.1 Å². The first-order chi connectivity index (χ1) is 16.7. The average molecular weight is 517 g/mol. The number of pyridine rings is 1. The van der Waals surface area contributed by atoms with Crippen molar-refractivity contribution in [1.29, 1.82) is 0 Å². The quantitative estimate of drug-likeness (QED) is 0.259. The van der Waals surface area contributed by atoms with Crippen molar-refractivity contribution in [1.82, 2.24) is 14.7 Å². The van der Waals surface area contributed by atoms with Crippen LogP contribution in [0.3, 0.4) is 0 Å². The predicted octanol–water partition coefficient (Wildman–Crippen LogP) is 4.13. The molecule has 0 spiro atoms. The van der Waals surface area contributed by atoms with Crippen LogP contribution >= 0.6 is 12.4 Å². The SMILES string of the molecule is Cc1cccc(C)c1CNc1cc(C(=O)NCCOC(=O)CCCC(=O)O)cn2c(C)c(C)nc12.Cl. The summed E-state index contributed by atoms with van der Waals surface area (Å²) in [6, 6.07) is 7.96. The van der Waals surface area contributed by atoms with Gasteiger partial charge in [-0.25, -0.2) is 4.98 Å². The fourth-order valence-electron chi connectivity index (χ4n) is 3.82. The summed E-state index contributed by atoms with van der Waals surface area (Å²) in [5.74, 6) is -1.73. The minimum atomic E-state index is -0.951. The Hall–Kier alpha value is -3.59. The number of ether oxygens (including phenoxy) is 1. The number of hydrogen-bond donors (Lipinski definition) is 3. The number of amides is 1. The first kappa shape index (κ1) is 28.6. The summed E-state index contributed by atoms with van der Waals surface area (Å²) in [7, 11) is 0. The van der Waals surface area contributed by atoms with Crippen LogP contribution in [0.25, 0.3) is 5.65 Å². The predicted molar refractivity (Wildman–Crippen MR) is 140 cm³/mol. The summed E-state index contributed by atoms with van der Waals surface area (Å²) in [5, 5.41) is 14.8. The molecule has 1 amide bonds. The number of aliphatic carboxylic acids is 1. The number of fused-ring (bicyclic) bond motifs is 1. The number of benzene rings is 1. The Morgan fingerprint density at radius 1 is 1.08 bits per heavy atom. The molecule has 0 aliphatic rings. The van der Waals surface area contributed by atoms with Crippen LogP contribution in [0.4, 0.5) is 5.69 Å². The number of nitrogens with one attached hydrogen (secondary N) is 2. The van der Waals surface area contributed by atoms with Gasteiger partial charge in [0.25, 0.3) is 5.91 Å². The average Bonchev–Trinajstić information content (AvgIpc) is 3.09. The molecule has 3 rings (SSSR count). The largest absolute Gasteiger partial charge is 0.481 e. The van der Waals surface area contributed by atoms with Crippen molar-refractivity contribution in [2.24, 2.45) is 0 Å². The number of carbonyl (C=O) groups is 3. The minimum absolute atomic E-state index is 0. The lowest BCUT2D eigenvalue weighted by Gasteiger charge is -2.14. The van der Waals surface area contributed by atoms with E-state index in [-0.39, 0.29) is 50.7 Å². The molecule has 9 nitrogen and oxygen atoms in total. The second-order valence-corrected chi connectivity index (χ2v) is 8.57. The van der Waals surface area contributed by atoms with Crippen LogP contribution in [0.1, 0.15) is 57.7 Å². The number of hydrogen-bond acceptors (Lipinski definition) is 6.